The van der Waals surface area contributed by atoms with Gasteiger partial charge in [0.25, 0.3) is 0 Å². The summed E-state index contributed by atoms with van der Waals surface area (Å²) in [7, 11) is -1.59. The van der Waals surface area contributed by atoms with Crippen LogP contribution in [-0.4, -0.2) is 44.7 Å². The van der Waals surface area contributed by atoms with Crippen LogP contribution in [0.25, 0.3) is 0 Å². The van der Waals surface area contributed by atoms with E-state index in [0.717, 1.165) is 11.9 Å². The Bertz CT molecular complexity index is 575. The first-order valence-electron chi connectivity index (χ1n) is 6.55. The summed E-state index contributed by atoms with van der Waals surface area (Å²) in [6, 6.07) is 5.69. The van der Waals surface area contributed by atoms with Gasteiger partial charge in [0.05, 0.1) is 18.5 Å². The molecule has 0 amide bonds. The quantitative estimate of drug-likeness (QED) is 0.343. The second-order valence-corrected chi connectivity index (χ2v) is 7.11. The van der Waals surface area contributed by atoms with E-state index in [9.17, 15) is 8.42 Å². The lowest BCUT2D eigenvalue weighted by Crippen LogP contribution is -2.52. The Labute approximate surface area is 149 Å². The second-order valence-electron chi connectivity index (χ2n) is 5.36. The minimum atomic E-state index is -3.25. The number of aliphatic imine (C=N–C) groups is 1. The molecule has 3 N–H and O–H groups in total. The van der Waals surface area contributed by atoms with Crippen molar-refractivity contribution < 1.29 is 8.42 Å². The predicted octanol–water partition coefficient (Wildman–Crippen LogP) is 0.692. The smallest absolute Gasteiger partial charge is 0.209 e. The molecular formula is C13H24IN5O2S. The number of halogens is 1. The SMILES string of the molecule is CN=C(NCc1ccccn1)NCC(C)(C)NS(C)(=O)=O.I. The van der Waals surface area contributed by atoms with Crippen LogP contribution in [-0.2, 0) is 16.6 Å². The third-order valence-electron chi connectivity index (χ3n) is 2.55. The van der Waals surface area contributed by atoms with Gasteiger partial charge < -0.3 is 10.6 Å². The van der Waals surface area contributed by atoms with E-state index in [4.69, 9.17) is 0 Å². The molecule has 1 heterocycles. The van der Waals surface area contributed by atoms with Crippen molar-refractivity contribution in [1.82, 2.24) is 20.3 Å². The number of aromatic nitrogens is 1. The Morgan fingerprint density at radius 1 is 1.32 bits per heavy atom. The first-order valence-corrected chi connectivity index (χ1v) is 8.44. The van der Waals surface area contributed by atoms with Crippen LogP contribution in [0.3, 0.4) is 0 Å². The van der Waals surface area contributed by atoms with Gasteiger partial charge in [0, 0.05) is 25.3 Å². The number of nitrogens with zero attached hydrogens (tertiary/aromatic N) is 2. The molecule has 22 heavy (non-hydrogen) atoms. The summed E-state index contributed by atoms with van der Waals surface area (Å²) in [5.41, 5.74) is 0.282. The second kappa shape index (κ2) is 9.26. The van der Waals surface area contributed by atoms with Crippen molar-refractivity contribution in [3.8, 4) is 0 Å². The molecule has 1 rings (SSSR count). The minimum absolute atomic E-state index is 0. The molecule has 0 unspecified atom stereocenters. The van der Waals surface area contributed by atoms with Gasteiger partial charge in [0.1, 0.15) is 0 Å². The average molecular weight is 441 g/mol. The van der Waals surface area contributed by atoms with Crippen LogP contribution in [0.2, 0.25) is 0 Å². The van der Waals surface area contributed by atoms with E-state index < -0.39 is 15.6 Å². The number of hydrogen-bond donors (Lipinski definition) is 3. The van der Waals surface area contributed by atoms with Gasteiger partial charge in [0.15, 0.2) is 5.96 Å². The highest BCUT2D eigenvalue weighted by Crippen LogP contribution is 2.01. The Hall–Kier alpha value is -0.940. The number of hydrogen-bond acceptors (Lipinski definition) is 4. The highest BCUT2D eigenvalue weighted by Gasteiger charge is 2.22. The van der Waals surface area contributed by atoms with Gasteiger partial charge in [-0.2, -0.15) is 0 Å². The molecule has 0 saturated heterocycles. The zero-order valence-electron chi connectivity index (χ0n) is 13.3. The zero-order valence-corrected chi connectivity index (χ0v) is 16.4. The molecule has 0 aliphatic rings. The van der Waals surface area contributed by atoms with E-state index in [1.54, 1.807) is 27.1 Å². The van der Waals surface area contributed by atoms with Gasteiger partial charge in [0.2, 0.25) is 10.0 Å². The lowest BCUT2D eigenvalue weighted by molar-refractivity contribution is 0.446. The maximum Gasteiger partial charge on any atom is 0.209 e. The molecule has 0 fully saturated rings. The number of rotatable bonds is 6. The van der Waals surface area contributed by atoms with E-state index in [1.165, 1.54) is 0 Å². The first-order chi connectivity index (χ1) is 9.72. The summed E-state index contributed by atoms with van der Waals surface area (Å²) >= 11 is 0. The van der Waals surface area contributed by atoms with Gasteiger partial charge in [-0.05, 0) is 26.0 Å². The normalized spacial score (nSPS) is 12.5. The van der Waals surface area contributed by atoms with Crippen molar-refractivity contribution in [3.05, 3.63) is 30.1 Å². The van der Waals surface area contributed by atoms with Crippen LogP contribution in [0.15, 0.2) is 29.4 Å². The van der Waals surface area contributed by atoms with E-state index in [2.05, 4.69) is 25.3 Å². The van der Waals surface area contributed by atoms with Crippen molar-refractivity contribution in [3.63, 3.8) is 0 Å². The van der Waals surface area contributed by atoms with Crippen LogP contribution in [0.5, 0.6) is 0 Å². The van der Waals surface area contributed by atoms with Crippen molar-refractivity contribution >= 4 is 40.0 Å². The number of guanidine groups is 1. The van der Waals surface area contributed by atoms with Gasteiger partial charge in [-0.3, -0.25) is 9.98 Å². The highest BCUT2D eigenvalue weighted by atomic mass is 127. The molecule has 0 atom stereocenters. The fraction of sp³-hybridized carbons (Fsp3) is 0.538. The third kappa shape index (κ3) is 9.15. The summed E-state index contributed by atoms with van der Waals surface area (Å²) in [4.78, 5) is 8.30. The molecule has 0 aliphatic heterocycles. The number of sulfonamides is 1. The lowest BCUT2D eigenvalue weighted by Gasteiger charge is -2.26. The van der Waals surface area contributed by atoms with Crippen LogP contribution in [0.4, 0.5) is 0 Å². The third-order valence-corrected chi connectivity index (χ3v) is 3.47. The molecule has 0 spiro atoms. The molecule has 7 nitrogen and oxygen atoms in total. The molecule has 0 radical (unpaired) electrons. The van der Waals surface area contributed by atoms with Crippen LogP contribution < -0.4 is 15.4 Å². The Morgan fingerprint density at radius 2 is 2.00 bits per heavy atom. The van der Waals surface area contributed by atoms with Crippen LogP contribution >= 0.6 is 24.0 Å². The van der Waals surface area contributed by atoms with Crippen molar-refractivity contribution in [1.29, 1.82) is 0 Å². The molecule has 1 aromatic rings. The molecule has 0 bridgehead atoms. The largest absolute Gasteiger partial charge is 0.355 e. The monoisotopic (exact) mass is 441 g/mol. The van der Waals surface area contributed by atoms with E-state index in [-0.39, 0.29) is 24.0 Å². The van der Waals surface area contributed by atoms with Crippen molar-refractivity contribution in [2.45, 2.75) is 25.9 Å². The van der Waals surface area contributed by atoms with E-state index in [1.807, 2.05) is 18.2 Å². The Kier molecular flexibility index (Phi) is 8.86. The summed E-state index contributed by atoms with van der Waals surface area (Å²) in [6.07, 6.45) is 2.87. The summed E-state index contributed by atoms with van der Waals surface area (Å²) in [5.74, 6) is 0.587. The molecule has 0 aliphatic carbocycles. The summed E-state index contributed by atoms with van der Waals surface area (Å²) < 4.78 is 25.1. The van der Waals surface area contributed by atoms with Gasteiger partial charge in [-0.1, -0.05) is 6.07 Å². The van der Waals surface area contributed by atoms with Crippen LogP contribution in [0.1, 0.15) is 19.5 Å². The molecule has 9 heteroatoms. The Balaban J connectivity index is 0.00000441. The molecular weight excluding hydrogens is 417 g/mol. The topological polar surface area (TPSA) is 95.5 Å². The number of nitrogens with one attached hydrogen (secondary N) is 3. The zero-order chi connectivity index (χ0) is 15.9. The molecule has 0 saturated carbocycles. The van der Waals surface area contributed by atoms with Gasteiger partial charge in [-0.15, -0.1) is 24.0 Å². The number of pyridine rings is 1. The molecule has 126 valence electrons. The van der Waals surface area contributed by atoms with Crippen molar-refractivity contribution in [2.24, 2.45) is 4.99 Å². The van der Waals surface area contributed by atoms with Gasteiger partial charge in [-0.25, -0.2) is 13.1 Å². The lowest BCUT2D eigenvalue weighted by atomic mass is 10.1. The minimum Gasteiger partial charge on any atom is -0.355 e. The predicted molar refractivity (Wildman–Crippen MR) is 99.9 cm³/mol. The maximum absolute atomic E-state index is 11.3. The fourth-order valence-electron chi connectivity index (χ4n) is 1.74. The fourth-order valence-corrected chi connectivity index (χ4v) is 2.82. The summed E-state index contributed by atoms with van der Waals surface area (Å²) in [6.45, 7) is 4.54. The maximum atomic E-state index is 11.3. The first kappa shape index (κ1) is 21.1. The van der Waals surface area contributed by atoms with E-state index >= 15 is 0 Å². The molecule has 1 aromatic heterocycles. The van der Waals surface area contributed by atoms with Crippen LogP contribution in [0, 0.1) is 0 Å². The highest BCUT2D eigenvalue weighted by molar-refractivity contribution is 14.0. The van der Waals surface area contributed by atoms with Gasteiger partial charge >= 0.3 is 0 Å². The standard InChI is InChI=1S/C13H23N5O2S.HI/c1-13(2,18-21(4,19)20)10-17-12(14-3)16-9-11-7-5-6-8-15-11;/h5-8,18H,9-10H2,1-4H3,(H2,14,16,17);1H. The average Bonchev–Trinajstić information content (AvgIpc) is 2.37. The van der Waals surface area contributed by atoms with E-state index in [0.29, 0.717) is 19.0 Å². The molecule has 0 aromatic carbocycles. The summed E-state index contributed by atoms with van der Waals surface area (Å²) in [5, 5.41) is 6.21. The Morgan fingerprint density at radius 3 is 2.50 bits per heavy atom. The van der Waals surface area contributed by atoms with Crippen molar-refractivity contribution in [2.75, 3.05) is 19.8 Å².